The second-order valence-corrected chi connectivity index (χ2v) is 4.95. The molecular formula is C12H12N2O4S. The van der Waals surface area contributed by atoms with E-state index in [0.29, 0.717) is 18.0 Å². The quantitative estimate of drug-likeness (QED) is 0.804. The predicted molar refractivity (Wildman–Crippen MR) is 69.2 cm³/mol. The molecule has 1 aromatic carbocycles. The molecule has 1 aromatic rings. The number of benzene rings is 1. The number of nitrogens with zero attached hydrogens (tertiary/aromatic N) is 1. The minimum atomic E-state index is -1.01. The molecule has 0 aromatic heterocycles. The van der Waals surface area contributed by atoms with Crippen molar-refractivity contribution in [3.8, 4) is 0 Å². The lowest BCUT2D eigenvalue weighted by atomic mass is 10.2. The highest BCUT2D eigenvalue weighted by Gasteiger charge is 2.25. The zero-order valence-corrected chi connectivity index (χ0v) is 10.8. The van der Waals surface area contributed by atoms with E-state index in [0.717, 1.165) is 4.90 Å². The molecule has 1 fully saturated rings. The predicted octanol–water partition coefficient (Wildman–Crippen LogP) is 1.03. The third-order valence-electron chi connectivity index (χ3n) is 2.60. The molecule has 0 bridgehead atoms. The fourth-order valence-electron chi connectivity index (χ4n) is 1.65. The molecule has 1 saturated heterocycles. The van der Waals surface area contributed by atoms with Gasteiger partial charge in [0.15, 0.2) is 0 Å². The van der Waals surface area contributed by atoms with E-state index < -0.39 is 5.97 Å². The number of aromatic carboxylic acids is 1. The van der Waals surface area contributed by atoms with Crippen molar-refractivity contribution in [1.29, 1.82) is 0 Å². The van der Waals surface area contributed by atoms with Crippen molar-refractivity contribution in [2.45, 2.75) is 4.90 Å². The fourth-order valence-corrected chi connectivity index (χ4v) is 2.48. The Balaban J connectivity index is 1.95. The second kappa shape index (κ2) is 5.75. The molecule has 7 heteroatoms. The summed E-state index contributed by atoms with van der Waals surface area (Å²) < 4.78 is 0. The Morgan fingerprint density at radius 2 is 2.21 bits per heavy atom. The van der Waals surface area contributed by atoms with E-state index in [-0.39, 0.29) is 23.3 Å². The molecule has 3 amide bonds. The van der Waals surface area contributed by atoms with Crippen LogP contribution in [0.1, 0.15) is 10.4 Å². The van der Waals surface area contributed by atoms with Crippen LogP contribution in [-0.4, -0.2) is 46.8 Å². The molecule has 2 N–H and O–H groups in total. The van der Waals surface area contributed by atoms with Crippen LogP contribution in [0.15, 0.2) is 29.2 Å². The first kappa shape index (κ1) is 13.4. The second-order valence-electron chi connectivity index (χ2n) is 3.90. The molecule has 0 unspecified atom stereocenters. The van der Waals surface area contributed by atoms with Gasteiger partial charge in [0.1, 0.15) is 0 Å². The Kier molecular flexibility index (Phi) is 4.06. The number of amides is 3. The van der Waals surface area contributed by atoms with Crippen molar-refractivity contribution in [2.24, 2.45) is 0 Å². The summed E-state index contributed by atoms with van der Waals surface area (Å²) in [4.78, 5) is 35.7. The van der Waals surface area contributed by atoms with E-state index in [2.05, 4.69) is 5.32 Å². The number of thioether (sulfide) groups is 1. The van der Waals surface area contributed by atoms with Crippen LogP contribution in [0.2, 0.25) is 0 Å². The van der Waals surface area contributed by atoms with Gasteiger partial charge in [0.25, 0.3) is 0 Å². The maximum Gasteiger partial charge on any atom is 0.335 e. The molecule has 1 aliphatic heterocycles. The minimum absolute atomic E-state index is 0.108. The number of urea groups is 1. The zero-order chi connectivity index (χ0) is 13.8. The molecule has 0 spiro atoms. The van der Waals surface area contributed by atoms with Gasteiger partial charge in [-0.3, -0.25) is 9.69 Å². The summed E-state index contributed by atoms with van der Waals surface area (Å²) in [6.45, 7) is 0.858. The topological polar surface area (TPSA) is 86.7 Å². The Morgan fingerprint density at radius 3 is 2.84 bits per heavy atom. The van der Waals surface area contributed by atoms with Gasteiger partial charge >= 0.3 is 12.0 Å². The summed E-state index contributed by atoms with van der Waals surface area (Å²) in [5.74, 6) is -1.18. The highest BCUT2D eigenvalue weighted by Crippen LogP contribution is 2.20. The number of carbonyl (C=O) groups is 3. The third kappa shape index (κ3) is 3.25. The minimum Gasteiger partial charge on any atom is -0.478 e. The van der Waals surface area contributed by atoms with Crippen LogP contribution >= 0.6 is 11.8 Å². The molecule has 1 heterocycles. The summed E-state index contributed by atoms with van der Waals surface area (Å²) in [6.07, 6.45) is 0. The molecule has 1 aliphatic rings. The number of carboxylic acids is 1. The molecule has 19 heavy (non-hydrogen) atoms. The van der Waals surface area contributed by atoms with Gasteiger partial charge < -0.3 is 10.4 Å². The first-order chi connectivity index (χ1) is 9.08. The maximum absolute atomic E-state index is 11.8. The standard InChI is InChI=1S/C12H12N2O4S/c15-10(14-5-4-13-12(14)18)7-19-9-3-1-2-8(6-9)11(16)17/h1-3,6H,4-5,7H2,(H,13,18)(H,16,17). The van der Waals surface area contributed by atoms with Crippen molar-refractivity contribution >= 4 is 29.7 Å². The monoisotopic (exact) mass is 280 g/mol. The van der Waals surface area contributed by atoms with Crippen molar-refractivity contribution < 1.29 is 19.5 Å². The van der Waals surface area contributed by atoms with Crippen molar-refractivity contribution in [1.82, 2.24) is 10.2 Å². The molecule has 0 radical (unpaired) electrons. The van der Waals surface area contributed by atoms with Gasteiger partial charge in [-0.25, -0.2) is 9.59 Å². The van der Waals surface area contributed by atoms with Crippen LogP contribution in [0.25, 0.3) is 0 Å². The summed E-state index contributed by atoms with van der Waals surface area (Å²) >= 11 is 1.21. The number of rotatable bonds is 4. The van der Waals surface area contributed by atoms with Crippen molar-refractivity contribution in [2.75, 3.05) is 18.8 Å². The first-order valence-corrected chi connectivity index (χ1v) is 6.61. The zero-order valence-electron chi connectivity index (χ0n) is 9.96. The Labute approximate surface area is 113 Å². The van der Waals surface area contributed by atoms with E-state index in [1.165, 1.54) is 23.9 Å². The van der Waals surface area contributed by atoms with Gasteiger partial charge in [0.05, 0.1) is 11.3 Å². The van der Waals surface area contributed by atoms with E-state index >= 15 is 0 Å². The highest BCUT2D eigenvalue weighted by molar-refractivity contribution is 8.00. The normalized spacial score (nSPS) is 14.3. The number of hydrogen-bond donors (Lipinski definition) is 2. The number of hydrogen-bond acceptors (Lipinski definition) is 4. The van der Waals surface area contributed by atoms with Gasteiger partial charge in [-0.15, -0.1) is 11.8 Å². The Morgan fingerprint density at radius 1 is 1.42 bits per heavy atom. The largest absolute Gasteiger partial charge is 0.478 e. The number of carboxylic acid groups (broad SMARTS) is 1. The van der Waals surface area contributed by atoms with Gasteiger partial charge in [0, 0.05) is 18.0 Å². The van der Waals surface area contributed by atoms with Gasteiger partial charge in [-0.2, -0.15) is 0 Å². The van der Waals surface area contributed by atoms with Crippen molar-refractivity contribution in [3.63, 3.8) is 0 Å². The number of carbonyl (C=O) groups excluding carboxylic acids is 2. The van der Waals surface area contributed by atoms with Crippen LogP contribution in [0.4, 0.5) is 4.79 Å². The average molecular weight is 280 g/mol. The SMILES string of the molecule is O=C(O)c1cccc(SCC(=O)N2CCNC2=O)c1. The number of imide groups is 1. The van der Waals surface area contributed by atoms with Gasteiger partial charge in [0.2, 0.25) is 5.91 Å². The molecule has 2 rings (SSSR count). The van der Waals surface area contributed by atoms with Crippen LogP contribution in [0, 0.1) is 0 Å². The lowest BCUT2D eigenvalue weighted by molar-refractivity contribution is -0.124. The van der Waals surface area contributed by atoms with E-state index in [1.54, 1.807) is 12.1 Å². The average Bonchev–Trinajstić information content (AvgIpc) is 2.82. The smallest absolute Gasteiger partial charge is 0.335 e. The number of nitrogens with one attached hydrogen (secondary N) is 1. The van der Waals surface area contributed by atoms with Gasteiger partial charge in [-0.05, 0) is 18.2 Å². The molecule has 0 saturated carbocycles. The lowest BCUT2D eigenvalue weighted by Gasteiger charge is -2.11. The molecular weight excluding hydrogens is 268 g/mol. The molecule has 6 nitrogen and oxygen atoms in total. The summed E-state index contributed by atoms with van der Waals surface area (Å²) in [7, 11) is 0. The highest BCUT2D eigenvalue weighted by atomic mass is 32.2. The summed E-state index contributed by atoms with van der Waals surface area (Å²) in [5, 5.41) is 11.4. The Hall–Kier alpha value is -2.02. The van der Waals surface area contributed by atoms with Gasteiger partial charge in [-0.1, -0.05) is 6.07 Å². The lowest BCUT2D eigenvalue weighted by Crippen LogP contribution is -2.35. The van der Waals surface area contributed by atoms with Crippen LogP contribution in [-0.2, 0) is 4.79 Å². The molecule has 0 atom stereocenters. The van der Waals surface area contributed by atoms with E-state index in [4.69, 9.17) is 5.11 Å². The van der Waals surface area contributed by atoms with E-state index in [9.17, 15) is 14.4 Å². The van der Waals surface area contributed by atoms with Crippen LogP contribution in [0.5, 0.6) is 0 Å². The van der Waals surface area contributed by atoms with Crippen LogP contribution in [0.3, 0.4) is 0 Å². The van der Waals surface area contributed by atoms with E-state index in [1.807, 2.05) is 0 Å². The molecule has 0 aliphatic carbocycles. The maximum atomic E-state index is 11.8. The molecule has 100 valence electrons. The first-order valence-electron chi connectivity index (χ1n) is 5.62. The fraction of sp³-hybridized carbons (Fsp3) is 0.250. The van der Waals surface area contributed by atoms with Crippen LogP contribution < -0.4 is 5.32 Å². The summed E-state index contributed by atoms with van der Waals surface area (Å²) in [5.41, 5.74) is 0.177. The third-order valence-corrected chi connectivity index (χ3v) is 3.58. The van der Waals surface area contributed by atoms with Crippen molar-refractivity contribution in [3.05, 3.63) is 29.8 Å². The Bertz CT molecular complexity index is 532. The summed E-state index contributed by atoms with van der Waals surface area (Å²) in [6, 6.07) is 5.98.